The lowest BCUT2D eigenvalue weighted by Crippen LogP contribution is -2.37. The lowest BCUT2D eigenvalue weighted by atomic mass is 10.1. The van der Waals surface area contributed by atoms with Gasteiger partial charge in [-0.05, 0) is 44.7 Å². The number of nitrogens with one attached hydrogen (secondary N) is 1. The van der Waals surface area contributed by atoms with E-state index in [1.54, 1.807) is 13.1 Å². The van der Waals surface area contributed by atoms with Gasteiger partial charge in [0.1, 0.15) is 5.78 Å². The number of hydrogen-bond acceptors (Lipinski definition) is 4. The van der Waals surface area contributed by atoms with E-state index in [0.29, 0.717) is 12.1 Å². The number of amides is 2. The molecule has 3 aromatic rings. The van der Waals surface area contributed by atoms with Gasteiger partial charge in [0.2, 0.25) is 0 Å². The number of phenolic OH excluding ortho intramolecular Hbond substituents is 1. The number of benzene rings is 2. The van der Waals surface area contributed by atoms with E-state index in [4.69, 9.17) is 0 Å². The van der Waals surface area contributed by atoms with Crippen molar-refractivity contribution in [2.45, 2.75) is 54.5 Å². The second-order valence-electron chi connectivity index (χ2n) is 7.41. The smallest absolute Gasteiger partial charge is 0.317 e. The van der Waals surface area contributed by atoms with E-state index in [0.717, 1.165) is 12.1 Å². The summed E-state index contributed by atoms with van der Waals surface area (Å²) in [5.74, 6) is -0.926. The number of fused-ring (bicyclic) bond motifs is 1. The molecule has 7 heteroatoms. The number of phenols is 1. The van der Waals surface area contributed by atoms with Gasteiger partial charge in [0.05, 0.1) is 0 Å². The normalized spacial score (nSPS) is 9.29. The summed E-state index contributed by atoms with van der Waals surface area (Å²) in [6, 6.07) is 14.3. The molecular weight excluding hydrogens is 433 g/mol. The van der Waals surface area contributed by atoms with Gasteiger partial charge in [0, 0.05) is 43.0 Å². The van der Waals surface area contributed by atoms with E-state index in [-0.39, 0.29) is 18.4 Å². The molecule has 0 atom stereocenters. The number of aromatic nitrogens is 1. The number of carbonyl (C=O) groups excluding carboxylic acids is 2. The van der Waals surface area contributed by atoms with Crippen LogP contribution in [-0.2, 0) is 11.3 Å². The fraction of sp³-hybridized carbons (Fsp3) is 0.370. The van der Waals surface area contributed by atoms with Crippen molar-refractivity contribution in [2.24, 2.45) is 0 Å². The number of pyridine rings is 1. The molecule has 0 bridgehead atoms. The van der Waals surface area contributed by atoms with Gasteiger partial charge in [0.15, 0.2) is 11.6 Å². The zero-order valence-electron chi connectivity index (χ0n) is 21.4. The summed E-state index contributed by atoms with van der Waals surface area (Å²) in [5, 5.41) is 14.5. The first-order valence-electron chi connectivity index (χ1n) is 11.4. The highest BCUT2D eigenvalue weighted by Gasteiger charge is 2.10. The van der Waals surface area contributed by atoms with Gasteiger partial charge in [0.25, 0.3) is 0 Å². The largest absolute Gasteiger partial charge is 0.505 e. The Balaban J connectivity index is 0.000000545. The molecule has 0 unspecified atom stereocenters. The maximum atomic E-state index is 13.0. The second-order valence-corrected chi connectivity index (χ2v) is 7.41. The molecule has 34 heavy (non-hydrogen) atoms. The van der Waals surface area contributed by atoms with Crippen LogP contribution in [0.15, 0.2) is 54.7 Å². The number of aromatic hydroxyl groups is 1. The molecule has 2 N–H and O–H groups in total. The number of para-hydroxylation sites is 1. The molecular formula is C27H38FN3O3. The number of hydrogen-bond donors (Lipinski definition) is 2. The molecule has 1 aromatic heterocycles. The molecule has 0 saturated carbocycles. The highest BCUT2D eigenvalue weighted by atomic mass is 19.1. The van der Waals surface area contributed by atoms with E-state index in [2.05, 4.69) is 28.5 Å². The Bertz CT molecular complexity index is 1020. The van der Waals surface area contributed by atoms with E-state index in [1.165, 1.54) is 41.7 Å². The molecule has 2 aromatic carbocycles. The van der Waals surface area contributed by atoms with Crippen molar-refractivity contribution in [1.29, 1.82) is 0 Å². The molecule has 0 aliphatic carbocycles. The van der Waals surface area contributed by atoms with Crippen molar-refractivity contribution >= 4 is 22.6 Å². The van der Waals surface area contributed by atoms with Crippen LogP contribution in [0.25, 0.3) is 10.8 Å². The van der Waals surface area contributed by atoms with Crippen LogP contribution in [0, 0.1) is 12.7 Å². The molecule has 1 heterocycles. The molecule has 3 rings (SSSR count). The summed E-state index contributed by atoms with van der Waals surface area (Å²) >= 11 is 0. The predicted octanol–water partition coefficient (Wildman–Crippen LogP) is 6.25. The fourth-order valence-corrected chi connectivity index (χ4v) is 2.64. The van der Waals surface area contributed by atoms with Gasteiger partial charge in [-0.2, -0.15) is 0 Å². The van der Waals surface area contributed by atoms with E-state index < -0.39 is 11.6 Å². The number of carbonyl (C=O) groups is 2. The zero-order valence-corrected chi connectivity index (χ0v) is 21.4. The van der Waals surface area contributed by atoms with Crippen LogP contribution >= 0.6 is 0 Å². The van der Waals surface area contributed by atoms with Crippen molar-refractivity contribution in [3.8, 4) is 5.75 Å². The highest BCUT2D eigenvalue weighted by molar-refractivity contribution is 5.81. The summed E-state index contributed by atoms with van der Waals surface area (Å²) in [6.07, 6.45) is 2.78. The van der Waals surface area contributed by atoms with E-state index >= 15 is 0 Å². The molecule has 6 nitrogen and oxygen atoms in total. The predicted molar refractivity (Wildman–Crippen MR) is 137 cm³/mol. The Labute approximate surface area is 202 Å². The number of urea groups is 1. The van der Waals surface area contributed by atoms with Crippen molar-refractivity contribution < 1.29 is 19.1 Å². The zero-order chi connectivity index (χ0) is 26.1. The van der Waals surface area contributed by atoms with Crippen molar-refractivity contribution in [3.63, 3.8) is 0 Å². The average Bonchev–Trinajstić information content (AvgIpc) is 2.81. The Kier molecular flexibility index (Phi) is 15.3. The van der Waals surface area contributed by atoms with E-state index in [1.807, 2.05) is 46.0 Å². The maximum absolute atomic E-state index is 13.0. The van der Waals surface area contributed by atoms with Gasteiger partial charge < -0.3 is 20.1 Å². The number of aryl methyl sites for hydroxylation is 1. The third-order valence-electron chi connectivity index (χ3n) is 4.17. The lowest BCUT2D eigenvalue weighted by molar-refractivity contribution is -0.115. The monoisotopic (exact) mass is 471 g/mol. The Morgan fingerprint density at radius 1 is 1.06 bits per heavy atom. The summed E-state index contributed by atoms with van der Waals surface area (Å²) in [4.78, 5) is 26.7. The number of Topliss-reactive ketones (excluding diaryl/α,β-unsaturated/α-hetero) is 1. The van der Waals surface area contributed by atoms with Gasteiger partial charge in [-0.3, -0.25) is 4.98 Å². The molecule has 0 spiro atoms. The first kappa shape index (κ1) is 30.5. The van der Waals surface area contributed by atoms with Crippen molar-refractivity contribution in [2.75, 3.05) is 13.6 Å². The first-order chi connectivity index (χ1) is 16.1. The van der Waals surface area contributed by atoms with E-state index in [9.17, 15) is 19.1 Å². The molecule has 0 aliphatic rings. The van der Waals surface area contributed by atoms with Gasteiger partial charge in [-0.1, -0.05) is 57.2 Å². The molecule has 0 radical (unpaired) electrons. The summed E-state index contributed by atoms with van der Waals surface area (Å²) < 4.78 is 13.0. The number of rotatable bonds is 4. The maximum Gasteiger partial charge on any atom is 0.317 e. The molecule has 0 aliphatic heterocycles. The second kappa shape index (κ2) is 17.1. The Morgan fingerprint density at radius 3 is 2.24 bits per heavy atom. The Hall–Kier alpha value is -3.48. The van der Waals surface area contributed by atoms with Crippen LogP contribution in [-0.4, -0.2) is 40.4 Å². The molecule has 186 valence electrons. The summed E-state index contributed by atoms with van der Waals surface area (Å²) in [7, 11) is 1.68. The van der Waals surface area contributed by atoms with Crippen LogP contribution in [0.1, 0.15) is 52.3 Å². The third-order valence-corrected chi connectivity index (χ3v) is 4.17. The van der Waals surface area contributed by atoms with Gasteiger partial charge in [-0.15, -0.1) is 0 Å². The van der Waals surface area contributed by atoms with Crippen LogP contribution in [0.4, 0.5) is 9.18 Å². The number of ketones is 1. The average molecular weight is 472 g/mol. The SMILES string of the molecule is CC.CC(C)=O.CCCN(C)C(=O)NCc1cccc(F)c1O.Cc1cc2ccccc2cn1. The first-order valence-corrected chi connectivity index (χ1v) is 11.4. The minimum atomic E-state index is -0.682. The number of nitrogens with zero attached hydrogens (tertiary/aromatic N) is 2. The minimum Gasteiger partial charge on any atom is -0.505 e. The van der Waals surface area contributed by atoms with Crippen LogP contribution in [0.2, 0.25) is 0 Å². The minimum absolute atomic E-state index is 0.108. The van der Waals surface area contributed by atoms with Crippen LogP contribution in [0.3, 0.4) is 0 Å². The summed E-state index contributed by atoms with van der Waals surface area (Å²) in [5.41, 5.74) is 1.44. The quantitative estimate of drug-likeness (QED) is 0.471. The lowest BCUT2D eigenvalue weighted by Gasteiger charge is -2.17. The topological polar surface area (TPSA) is 82.5 Å². The summed E-state index contributed by atoms with van der Waals surface area (Å²) in [6.45, 7) is 11.8. The molecule has 0 fully saturated rings. The highest BCUT2D eigenvalue weighted by Crippen LogP contribution is 2.20. The molecule has 2 amide bonds. The van der Waals surface area contributed by atoms with Crippen LogP contribution in [0.5, 0.6) is 5.75 Å². The van der Waals surface area contributed by atoms with Crippen molar-refractivity contribution in [3.05, 3.63) is 71.8 Å². The fourth-order valence-electron chi connectivity index (χ4n) is 2.64. The van der Waals surface area contributed by atoms with Gasteiger partial charge >= 0.3 is 6.03 Å². The standard InChI is InChI=1S/C12H17FN2O2.C10H9N.C3H6O.C2H6/c1-3-7-15(2)12(17)14-8-9-5-4-6-10(13)11(9)16;1-8-6-9-4-2-3-5-10(9)7-11-8;1-3(2)4;1-2/h4-6,16H,3,7-8H2,1-2H3,(H,14,17);2-7H,1H3;1-2H3;1-2H3. The molecule has 0 saturated heterocycles. The number of halogens is 1. The van der Waals surface area contributed by atoms with Crippen LogP contribution < -0.4 is 5.32 Å². The Morgan fingerprint density at radius 2 is 1.65 bits per heavy atom. The van der Waals surface area contributed by atoms with Gasteiger partial charge in [-0.25, -0.2) is 9.18 Å². The third kappa shape index (κ3) is 11.9. The van der Waals surface area contributed by atoms with Crippen molar-refractivity contribution in [1.82, 2.24) is 15.2 Å².